The molecule has 0 bridgehead atoms. The first-order valence-electron chi connectivity index (χ1n) is 2.04. The molecule has 4 nitrogen and oxygen atoms in total. The minimum atomic E-state index is -3.67. The Bertz CT molecular complexity index is 108. The van der Waals surface area contributed by atoms with Gasteiger partial charge in [-0.15, -0.1) is 0 Å². The minimum absolute atomic E-state index is 0.715. The Morgan fingerprint density at radius 1 is 1.62 bits per heavy atom. The highest BCUT2D eigenvalue weighted by Crippen LogP contribution is 1.60. The molecular weight excluding hydrogens is 130 g/mol. The van der Waals surface area contributed by atoms with Crippen molar-refractivity contribution < 1.29 is 13.0 Å². The fourth-order valence-electron chi connectivity index (χ4n) is 0. The van der Waals surface area contributed by atoms with E-state index in [4.69, 9.17) is 10.3 Å². The molecule has 5 heteroatoms. The van der Waals surface area contributed by atoms with Crippen LogP contribution >= 0.6 is 0 Å². The zero-order chi connectivity index (χ0) is 7.21. The lowest BCUT2D eigenvalue weighted by Gasteiger charge is -1.69. The molecule has 8 heavy (non-hydrogen) atoms. The lowest BCUT2D eigenvalue weighted by Crippen LogP contribution is -1.88. The maximum Gasteiger partial charge on any atom is 0.261 e. The normalized spacial score (nSPS) is 9.50. The van der Waals surface area contributed by atoms with Gasteiger partial charge >= 0.3 is 0 Å². The van der Waals surface area contributed by atoms with Gasteiger partial charge in [0.05, 0.1) is 6.26 Å². The highest BCUT2D eigenvalue weighted by atomic mass is 32.2. The molecule has 0 aromatic carbocycles. The minimum Gasteiger partial charge on any atom is -0.331 e. The summed E-state index contributed by atoms with van der Waals surface area (Å²) in [6.45, 7) is 2.65. The van der Waals surface area contributed by atoms with Crippen molar-refractivity contribution in [3.63, 3.8) is 0 Å². The predicted octanol–water partition coefficient (Wildman–Crippen LogP) is -0.531. The molecule has 0 aliphatic heterocycles. The highest BCUT2D eigenvalue weighted by molar-refractivity contribution is 7.85. The van der Waals surface area contributed by atoms with Gasteiger partial charge in [-0.1, -0.05) is 6.92 Å². The van der Waals surface area contributed by atoms with E-state index in [9.17, 15) is 8.42 Å². The largest absolute Gasteiger partial charge is 0.331 e. The topological polar surface area (TPSA) is 80.4 Å². The van der Waals surface area contributed by atoms with Crippen molar-refractivity contribution in [3.8, 4) is 0 Å². The first-order chi connectivity index (χ1) is 3.41. The average molecular weight is 141 g/mol. The molecule has 0 amide bonds. The second kappa shape index (κ2) is 5.02. The Kier molecular flexibility index (Phi) is 6.76. The van der Waals surface area contributed by atoms with Crippen LogP contribution in [-0.2, 0) is 10.1 Å². The Morgan fingerprint density at radius 2 is 1.62 bits per heavy atom. The van der Waals surface area contributed by atoms with Gasteiger partial charge < -0.3 is 5.73 Å². The third-order valence-corrected chi connectivity index (χ3v) is 0. The molecule has 0 aliphatic carbocycles. The number of hydrogen-bond acceptors (Lipinski definition) is 3. The lowest BCUT2D eigenvalue weighted by atomic mass is 10.8. The number of rotatable bonds is 0. The SMILES string of the molecule is CCN.CS(=O)(=O)O. The number of hydrogen-bond donors (Lipinski definition) is 2. The van der Waals surface area contributed by atoms with Crippen LogP contribution in [0.4, 0.5) is 0 Å². The molecule has 52 valence electrons. The first kappa shape index (κ1) is 10.8. The second-order valence-corrected chi connectivity index (χ2v) is 2.61. The van der Waals surface area contributed by atoms with Crippen molar-refractivity contribution in [2.45, 2.75) is 6.92 Å². The van der Waals surface area contributed by atoms with E-state index >= 15 is 0 Å². The molecule has 0 saturated heterocycles. The predicted molar refractivity (Wildman–Crippen MR) is 32.2 cm³/mol. The number of nitrogens with two attached hydrogens (primary N) is 1. The molecule has 0 aromatic heterocycles. The Morgan fingerprint density at radius 3 is 1.62 bits per heavy atom. The Labute approximate surface area is 49.4 Å². The van der Waals surface area contributed by atoms with E-state index in [1.54, 1.807) is 0 Å². The van der Waals surface area contributed by atoms with Crippen LogP contribution < -0.4 is 5.73 Å². The fourth-order valence-corrected chi connectivity index (χ4v) is 0. The summed E-state index contributed by atoms with van der Waals surface area (Å²) < 4.78 is 25.9. The molecule has 3 N–H and O–H groups in total. The van der Waals surface area contributed by atoms with Crippen LogP contribution in [0.25, 0.3) is 0 Å². The monoisotopic (exact) mass is 141 g/mol. The zero-order valence-corrected chi connectivity index (χ0v) is 5.77. The maximum atomic E-state index is 9.19. The highest BCUT2D eigenvalue weighted by Gasteiger charge is 1.81. The fraction of sp³-hybridized carbons (Fsp3) is 1.00. The van der Waals surface area contributed by atoms with E-state index in [2.05, 4.69) is 0 Å². The molecule has 0 radical (unpaired) electrons. The van der Waals surface area contributed by atoms with Crippen molar-refractivity contribution in [2.24, 2.45) is 5.73 Å². The van der Waals surface area contributed by atoms with E-state index in [0.29, 0.717) is 6.26 Å². The second-order valence-electron chi connectivity index (χ2n) is 1.14. The van der Waals surface area contributed by atoms with Gasteiger partial charge in [-0.2, -0.15) is 8.42 Å². The van der Waals surface area contributed by atoms with Crippen LogP contribution in [0, 0.1) is 0 Å². The molecule has 0 aromatic rings. The van der Waals surface area contributed by atoms with Crippen LogP contribution in [0.3, 0.4) is 0 Å². The van der Waals surface area contributed by atoms with Crippen LogP contribution in [0.5, 0.6) is 0 Å². The van der Waals surface area contributed by atoms with Crippen LogP contribution in [0.1, 0.15) is 6.92 Å². The van der Waals surface area contributed by atoms with Gasteiger partial charge in [-0.05, 0) is 6.54 Å². The van der Waals surface area contributed by atoms with E-state index < -0.39 is 10.1 Å². The van der Waals surface area contributed by atoms with Gasteiger partial charge in [0.2, 0.25) is 0 Å². The quantitative estimate of drug-likeness (QED) is 0.444. The summed E-state index contributed by atoms with van der Waals surface area (Å²) in [6.07, 6.45) is 0.715. The van der Waals surface area contributed by atoms with Gasteiger partial charge in [0, 0.05) is 0 Å². The third kappa shape index (κ3) is 8240. The molecule has 0 aliphatic rings. The standard InChI is InChI=1S/C2H7N.CH4O3S/c1-2-3;1-5(2,3)4/h2-3H2,1H3;1H3,(H,2,3,4). The lowest BCUT2D eigenvalue weighted by molar-refractivity contribution is 0.490. The molecule has 0 fully saturated rings. The summed E-state index contributed by atoms with van der Waals surface area (Å²) in [7, 11) is -3.67. The zero-order valence-electron chi connectivity index (χ0n) is 4.96. The van der Waals surface area contributed by atoms with Gasteiger partial charge in [0.25, 0.3) is 10.1 Å². The summed E-state index contributed by atoms with van der Waals surface area (Å²) in [5, 5.41) is 0. The maximum absolute atomic E-state index is 9.19. The van der Waals surface area contributed by atoms with Gasteiger partial charge in [0.1, 0.15) is 0 Å². The summed E-state index contributed by atoms with van der Waals surface area (Å²) in [5.41, 5.74) is 4.85. The average Bonchev–Trinajstić information content (AvgIpc) is 1.27. The van der Waals surface area contributed by atoms with E-state index in [1.165, 1.54) is 0 Å². The molecule has 0 spiro atoms. The summed E-state index contributed by atoms with van der Waals surface area (Å²) in [4.78, 5) is 0. The molecule has 0 heterocycles. The van der Waals surface area contributed by atoms with E-state index in [1.807, 2.05) is 6.92 Å². The van der Waals surface area contributed by atoms with E-state index in [-0.39, 0.29) is 0 Å². The summed E-state index contributed by atoms with van der Waals surface area (Å²) >= 11 is 0. The van der Waals surface area contributed by atoms with Crippen molar-refractivity contribution in [1.29, 1.82) is 0 Å². The van der Waals surface area contributed by atoms with Crippen LogP contribution in [0.15, 0.2) is 0 Å². The van der Waals surface area contributed by atoms with Crippen molar-refractivity contribution >= 4 is 10.1 Å². The smallest absolute Gasteiger partial charge is 0.261 e. The van der Waals surface area contributed by atoms with Gasteiger partial charge in [0.15, 0.2) is 0 Å². The molecule has 0 rings (SSSR count). The molecular formula is C3H11NO3S. The Hall–Kier alpha value is -0.130. The Balaban J connectivity index is 0. The summed E-state index contributed by atoms with van der Waals surface area (Å²) in [5.74, 6) is 0. The van der Waals surface area contributed by atoms with Gasteiger partial charge in [-0.25, -0.2) is 0 Å². The van der Waals surface area contributed by atoms with Crippen LogP contribution in [-0.4, -0.2) is 25.8 Å². The molecule has 0 unspecified atom stereocenters. The molecule has 0 atom stereocenters. The van der Waals surface area contributed by atoms with Crippen molar-refractivity contribution in [3.05, 3.63) is 0 Å². The third-order valence-electron chi connectivity index (χ3n) is 0. The van der Waals surface area contributed by atoms with E-state index in [0.717, 1.165) is 6.54 Å². The molecule has 0 saturated carbocycles. The summed E-state index contributed by atoms with van der Waals surface area (Å²) in [6, 6.07) is 0. The first-order valence-corrected chi connectivity index (χ1v) is 3.89. The van der Waals surface area contributed by atoms with Crippen LogP contribution in [0.2, 0.25) is 0 Å². The van der Waals surface area contributed by atoms with Crippen molar-refractivity contribution in [1.82, 2.24) is 0 Å². The van der Waals surface area contributed by atoms with Gasteiger partial charge in [-0.3, -0.25) is 4.55 Å². The van der Waals surface area contributed by atoms with Crippen molar-refractivity contribution in [2.75, 3.05) is 12.8 Å².